The van der Waals surface area contributed by atoms with Crippen molar-refractivity contribution in [2.75, 3.05) is 5.32 Å². The molecule has 4 bridgehead atoms. The molecule has 2 aromatic carbocycles. The van der Waals surface area contributed by atoms with Gasteiger partial charge in [-0.15, -0.1) is 0 Å². The van der Waals surface area contributed by atoms with E-state index >= 15 is 0 Å². The van der Waals surface area contributed by atoms with E-state index in [0.717, 1.165) is 17.8 Å². The quantitative estimate of drug-likeness (QED) is 0.677. The summed E-state index contributed by atoms with van der Waals surface area (Å²) in [5.74, 6) is 2.19. The molecule has 0 spiro atoms. The summed E-state index contributed by atoms with van der Waals surface area (Å²) < 4.78 is 0. The van der Waals surface area contributed by atoms with Crippen molar-refractivity contribution in [2.45, 2.75) is 43.9 Å². The van der Waals surface area contributed by atoms with E-state index in [4.69, 9.17) is 11.6 Å². The summed E-state index contributed by atoms with van der Waals surface area (Å²) in [6.07, 6.45) is 8.24. The molecule has 3 amide bonds. The predicted molar refractivity (Wildman–Crippen MR) is 114 cm³/mol. The molecule has 150 valence electrons. The maximum atomic E-state index is 12.2. The van der Waals surface area contributed by atoms with E-state index < -0.39 is 11.9 Å². The van der Waals surface area contributed by atoms with Crippen molar-refractivity contribution in [3.05, 3.63) is 64.7 Å². The van der Waals surface area contributed by atoms with E-state index in [0.29, 0.717) is 16.1 Å². The van der Waals surface area contributed by atoms with Crippen LogP contribution in [0.15, 0.2) is 48.5 Å². The van der Waals surface area contributed by atoms with Crippen LogP contribution in [0.4, 0.5) is 10.5 Å². The van der Waals surface area contributed by atoms with Crippen LogP contribution in [-0.4, -0.2) is 11.9 Å². The molecule has 4 aliphatic rings. The predicted octanol–water partition coefficient (Wildman–Crippen LogP) is 5.77. The fourth-order valence-corrected chi connectivity index (χ4v) is 6.57. The fourth-order valence-electron chi connectivity index (χ4n) is 6.35. The van der Waals surface area contributed by atoms with Gasteiger partial charge >= 0.3 is 6.03 Å². The summed E-state index contributed by atoms with van der Waals surface area (Å²) in [7, 11) is 0. The molecule has 0 atom stereocenters. The van der Waals surface area contributed by atoms with Gasteiger partial charge in [0.15, 0.2) is 0 Å². The molecular weight excluding hydrogens is 384 g/mol. The summed E-state index contributed by atoms with van der Waals surface area (Å²) in [5.41, 5.74) is 2.72. The normalized spacial score (nSPS) is 29.5. The highest BCUT2D eigenvalue weighted by Gasteiger charge is 2.51. The molecule has 0 aliphatic heterocycles. The number of imide groups is 1. The molecule has 6 rings (SSSR count). The lowest BCUT2D eigenvalue weighted by molar-refractivity contribution is -0.00518. The van der Waals surface area contributed by atoms with Crippen molar-refractivity contribution < 1.29 is 9.59 Å². The van der Waals surface area contributed by atoms with E-state index in [1.807, 2.05) is 12.1 Å². The highest BCUT2D eigenvalue weighted by molar-refractivity contribution is 6.34. The van der Waals surface area contributed by atoms with Crippen molar-refractivity contribution >= 4 is 29.2 Å². The van der Waals surface area contributed by atoms with E-state index in [2.05, 4.69) is 22.8 Å². The number of carbonyl (C=O) groups is 2. The van der Waals surface area contributed by atoms with Crippen LogP contribution in [0.3, 0.4) is 0 Å². The molecule has 2 aromatic rings. The number of anilines is 1. The van der Waals surface area contributed by atoms with E-state index in [1.54, 1.807) is 24.3 Å². The second-order valence-electron chi connectivity index (χ2n) is 9.16. The summed E-state index contributed by atoms with van der Waals surface area (Å²) >= 11 is 6.02. The Labute approximate surface area is 176 Å². The van der Waals surface area contributed by atoms with E-state index in [1.165, 1.54) is 44.1 Å². The molecule has 2 N–H and O–H groups in total. The standard InChI is InChI=1S/C24H25ClN2O2/c25-21-4-2-1-3-20(21)22(28)27-23(29)26-19-7-5-18(6-8-19)24-12-15-9-16(13-24)11-17(10-15)14-24/h1-8,15-17H,9-14H2,(H2,26,27,28,29). The molecule has 5 heteroatoms. The average Bonchev–Trinajstić information content (AvgIpc) is 2.67. The Morgan fingerprint density at radius 1 is 0.862 bits per heavy atom. The van der Waals surface area contributed by atoms with Crippen LogP contribution >= 0.6 is 11.6 Å². The number of amides is 3. The molecular formula is C24H25ClN2O2. The third-order valence-corrected chi connectivity index (χ3v) is 7.47. The number of benzene rings is 2. The first-order chi connectivity index (χ1) is 14.0. The Hall–Kier alpha value is -2.33. The van der Waals surface area contributed by atoms with Crippen LogP contribution in [0.25, 0.3) is 0 Å². The minimum absolute atomic E-state index is 0.279. The Kier molecular flexibility index (Phi) is 4.62. The van der Waals surface area contributed by atoms with Crippen molar-refractivity contribution in [3.63, 3.8) is 0 Å². The number of hydrogen-bond acceptors (Lipinski definition) is 2. The molecule has 0 saturated heterocycles. The molecule has 29 heavy (non-hydrogen) atoms. The lowest BCUT2D eigenvalue weighted by Crippen LogP contribution is -2.48. The Balaban J connectivity index is 1.25. The third-order valence-electron chi connectivity index (χ3n) is 7.14. The molecule has 0 heterocycles. The number of nitrogens with one attached hydrogen (secondary N) is 2. The van der Waals surface area contributed by atoms with Gasteiger partial charge in [0.1, 0.15) is 0 Å². The molecule has 0 radical (unpaired) electrons. The van der Waals surface area contributed by atoms with Crippen LogP contribution in [-0.2, 0) is 5.41 Å². The number of hydrogen-bond donors (Lipinski definition) is 2. The molecule has 4 saturated carbocycles. The van der Waals surface area contributed by atoms with Crippen molar-refractivity contribution in [2.24, 2.45) is 17.8 Å². The smallest absolute Gasteiger partial charge is 0.308 e. The Morgan fingerprint density at radius 2 is 1.45 bits per heavy atom. The summed E-state index contributed by atoms with van der Waals surface area (Å²) in [6, 6.07) is 14.3. The van der Waals surface area contributed by atoms with Crippen molar-refractivity contribution in [1.29, 1.82) is 0 Å². The lowest BCUT2D eigenvalue weighted by atomic mass is 9.48. The van der Waals surface area contributed by atoms with Gasteiger partial charge < -0.3 is 5.32 Å². The van der Waals surface area contributed by atoms with Gasteiger partial charge in [0.25, 0.3) is 5.91 Å². The van der Waals surface area contributed by atoms with Gasteiger partial charge in [-0.05, 0) is 91.5 Å². The van der Waals surface area contributed by atoms with Crippen molar-refractivity contribution in [1.82, 2.24) is 5.32 Å². The van der Waals surface area contributed by atoms with Crippen LogP contribution < -0.4 is 10.6 Å². The van der Waals surface area contributed by atoms with E-state index in [9.17, 15) is 9.59 Å². The first-order valence-electron chi connectivity index (χ1n) is 10.5. The van der Waals surface area contributed by atoms with Gasteiger partial charge in [-0.2, -0.15) is 0 Å². The van der Waals surface area contributed by atoms with Crippen LogP contribution in [0.1, 0.15) is 54.4 Å². The highest BCUT2D eigenvalue weighted by Crippen LogP contribution is 2.60. The summed E-state index contributed by atoms with van der Waals surface area (Å²) in [6.45, 7) is 0. The first-order valence-corrected chi connectivity index (χ1v) is 10.9. The van der Waals surface area contributed by atoms with Crippen molar-refractivity contribution in [3.8, 4) is 0 Å². The van der Waals surface area contributed by atoms with Gasteiger partial charge in [0.2, 0.25) is 0 Å². The topological polar surface area (TPSA) is 58.2 Å². The zero-order valence-corrected chi connectivity index (χ0v) is 17.0. The highest BCUT2D eigenvalue weighted by atomic mass is 35.5. The number of urea groups is 1. The van der Waals surface area contributed by atoms with Crippen LogP contribution in [0.2, 0.25) is 5.02 Å². The maximum absolute atomic E-state index is 12.2. The van der Waals surface area contributed by atoms with Crippen LogP contribution in [0.5, 0.6) is 0 Å². The SMILES string of the molecule is O=C(NC(=O)c1ccccc1Cl)Nc1ccc(C23CC4CC(CC(C4)C2)C3)cc1. The Bertz CT molecular complexity index is 918. The lowest BCUT2D eigenvalue weighted by Gasteiger charge is -2.57. The average molecular weight is 409 g/mol. The summed E-state index contributed by atoms with van der Waals surface area (Å²) in [4.78, 5) is 24.5. The van der Waals surface area contributed by atoms with Gasteiger partial charge in [-0.3, -0.25) is 10.1 Å². The number of rotatable bonds is 3. The zero-order valence-electron chi connectivity index (χ0n) is 16.3. The third kappa shape index (κ3) is 3.55. The van der Waals surface area contributed by atoms with Gasteiger partial charge in [-0.25, -0.2) is 4.79 Å². The summed E-state index contributed by atoms with van der Waals surface area (Å²) in [5, 5.41) is 5.40. The van der Waals surface area contributed by atoms with Gasteiger partial charge in [0, 0.05) is 5.69 Å². The minimum Gasteiger partial charge on any atom is -0.308 e. The molecule has 4 aliphatic carbocycles. The van der Waals surface area contributed by atoms with Gasteiger partial charge in [-0.1, -0.05) is 35.9 Å². The second-order valence-corrected chi connectivity index (χ2v) is 9.57. The first kappa shape index (κ1) is 18.7. The minimum atomic E-state index is -0.558. The fraction of sp³-hybridized carbons (Fsp3) is 0.417. The molecule has 4 nitrogen and oxygen atoms in total. The molecule has 0 aromatic heterocycles. The zero-order chi connectivity index (χ0) is 20.0. The van der Waals surface area contributed by atoms with Crippen LogP contribution in [0, 0.1) is 17.8 Å². The van der Waals surface area contributed by atoms with Gasteiger partial charge in [0.05, 0.1) is 10.6 Å². The second kappa shape index (κ2) is 7.17. The maximum Gasteiger partial charge on any atom is 0.326 e. The Morgan fingerprint density at radius 3 is 2.03 bits per heavy atom. The largest absolute Gasteiger partial charge is 0.326 e. The molecule has 4 fully saturated rings. The van der Waals surface area contributed by atoms with E-state index in [-0.39, 0.29) is 5.56 Å². The number of halogens is 1. The number of carbonyl (C=O) groups excluding carboxylic acids is 2. The monoisotopic (exact) mass is 408 g/mol. The molecule has 0 unspecified atom stereocenters.